The van der Waals surface area contributed by atoms with E-state index in [0.717, 1.165) is 11.6 Å². The van der Waals surface area contributed by atoms with Gasteiger partial charge in [-0.25, -0.2) is 26.4 Å². The van der Waals surface area contributed by atoms with Gasteiger partial charge in [0.1, 0.15) is 5.82 Å². The molecule has 5 rings (SSSR count). The van der Waals surface area contributed by atoms with Gasteiger partial charge in [-0.3, -0.25) is 9.80 Å². The Hall–Kier alpha value is -3.59. The first kappa shape index (κ1) is 28.9. The molecule has 41 heavy (non-hydrogen) atoms. The third-order valence-electron chi connectivity index (χ3n) is 7.00. The summed E-state index contributed by atoms with van der Waals surface area (Å²) in [5.74, 6) is -5.06. The largest absolute Gasteiger partial charge is 0.415 e. The second-order valence-electron chi connectivity index (χ2n) is 10.0. The summed E-state index contributed by atoms with van der Waals surface area (Å²) in [6, 6.07) is 9.89. The summed E-state index contributed by atoms with van der Waals surface area (Å²) in [6.07, 6.45) is -3.18. The van der Waals surface area contributed by atoms with E-state index in [1.54, 1.807) is 29.2 Å². The molecule has 0 unspecified atom stereocenters. The molecule has 2 amide bonds. The van der Waals surface area contributed by atoms with Crippen molar-refractivity contribution in [2.24, 2.45) is 0 Å². The Kier molecular flexibility index (Phi) is 8.01. The van der Waals surface area contributed by atoms with E-state index in [2.05, 4.69) is 10.2 Å². The molecule has 2 aromatic carbocycles. The molecule has 2 saturated heterocycles. The van der Waals surface area contributed by atoms with E-state index < -0.39 is 39.9 Å². The van der Waals surface area contributed by atoms with Crippen LogP contribution in [0, 0.1) is 5.82 Å². The summed E-state index contributed by atoms with van der Waals surface area (Å²) < 4.78 is 96.6. The van der Waals surface area contributed by atoms with Crippen molar-refractivity contribution in [2.45, 2.75) is 31.9 Å². The number of rotatable bonds is 7. The molecule has 9 nitrogen and oxygen atoms in total. The van der Waals surface area contributed by atoms with Crippen molar-refractivity contribution in [2.75, 3.05) is 42.6 Å². The van der Waals surface area contributed by atoms with Crippen molar-refractivity contribution in [3.8, 4) is 11.5 Å². The van der Waals surface area contributed by atoms with Gasteiger partial charge < -0.3 is 9.32 Å². The van der Waals surface area contributed by atoms with Crippen LogP contribution in [0.5, 0.6) is 0 Å². The Morgan fingerprint density at radius 1 is 1.05 bits per heavy atom. The second-order valence-corrected chi connectivity index (χ2v) is 12.3. The van der Waals surface area contributed by atoms with Crippen LogP contribution >= 0.6 is 0 Å². The van der Waals surface area contributed by atoms with E-state index in [1.807, 2.05) is 0 Å². The summed E-state index contributed by atoms with van der Waals surface area (Å²) in [6.45, 7) is -0.0577. The summed E-state index contributed by atoms with van der Waals surface area (Å²) in [7, 11) is -3.26. The standard InChI is InChI=1S/C26H26F5N5O4S/c27-21-13-18(23-32-33-24(40-23)22(28)29)3-4-19(21)15-36(25(37)35-9-11-41(38,39)12-10-35)20-5-1-17(2-6-20)14-34-8-7-26(30,31)16-34/h1-6,13,22H,7-12,14-16H2. The van der Waals surface area contributed by atoms with Gasteiger partial charge in [0, 0.05) is 49.4 Å². The lowest BCUT2D eigenvalue weighted by atomic mass is 10.1. The van der Waals surface area contributed by atoms with Crippen molar-refractivity contribution in [1.82, 2.24) is 20.0 Å². The topological polar surface area (TPSA) is 99.9 Å². The van der Waals surface area contributed by atoms with Crippen LogP contribution in [0.25, 0.3) is 11.5 Å². The lowest BCUT2D eigenvalue weighted by Gasteiger charge is -2.33. The maximum absolute atomic E-state index is 15.2. The lowest BCUT2D eigenvalue weighted by molar-refractivity contribution is 0.0115. The minimum absolute atomic E-state index is 0.0238. The van der Waals surface area contributed by atoms with E-state index >= 15 is 4.39 Å². The molecule has 0 bridgehead atoms. The van der Waals surface area contributed by atoms with Gasteiger partial charge in [-0.05, 0) is 29.8 Å². The normalized spacial score (nSPS) is 18.6. The summed E-state index contributed by atoms with van der Waals surface area (Å²) in [4.78, 5) is 17.9. The Balaban J connectivity index is 1.38. The van der Waals surface area contributed by atoms with Gasteiger partial charge in [-0.2, -0.15) is 8.78 Å². The number of amides is 2. The molecule has 0 atom stereocenters. The lowest BCUT2D eigenvalue weighted by Crippen LogP contribution is -2.49. The van der Waals surface area contributed by atoms with Crippen molar-refractivity contribution in [3.05, 3.63) is 65.3 Å². The van der Waals surface area contributed by atoms with E-state index in [1.165, 1.54) is 21.9 Å². The van der Waals surface area contributed by atoms with Crippen molar-refractivity contribution in [1.29, 1.82) is 0 Å². The molecule has 15 heteroatoms. The first-order valence-electron chi connectivity index (χ1n) is 12.8. The Morgan fingerprint density at radius 2 is 1.76 bits per heavy atom. The number of benzene rings is 2. The second kappa shape index (κ2) is 11.4. The minimum Gasteiger partial charge on any atom is -0.415 e. The van der Waals surface area contributed by atoms with Gasteiger partial charge in [0.2, 0.25) is 5.89 Å². The highest BCUT2D eigenvalue weighted by Crippen LogP contribution is 2.30. The number of anilines is 1. The van der Waals surface area contributed by atoms with Crippen LogP contribution in [0.4, 0.5) is 32.4 Å². The highest BCUT2D eigenvalue weighted by atomic mass is 32.2. The molecule has 0 spiro atoms. The Labute approximate surface area is 232 Å². The fraction of sp³-hybridized carbons (Fsp3) is 0.423. The average Bonchev–Trinajstić information content (AvgIpc) is 3.55. The molecular formula is C26H26F5N5O4S. The van der Waals surface area contributed by atoms with Crippen molar-refractivity contribution in [3.63, 3.8) is 0 Å². The molecule has 0 radical (unpaired) electrons. The Morgan fingerprint density at radius 3 is 2.34 bits per heavy atom. The fourth-order valence-electron chi connectivity index (χ4n) is 4.74. The monoisotopic (exact) mass is 599 g/mol. The van der Waals surface area contributed by atoms with Gasteiger partial charge in [0.25, 0.3) is 11.8 Å². The number of nitrogens with zero attached hydrogens (tertiary/aromatic N) is 5. The van der Waals surface area contributed by atoms with Gasteiger partial charge >= 0.3 is 12.5 Å². The van der Waals surface area contributed by atoms with Crippen LogP contribution in [0.15, 0.2) is 46.9 Å². The number of hydrogen-bond acceptors (Lipinski definition) is 7. The van der Waals surface area contributed by atoms with Crippen LogP contribution in [0.3, 0.4) is 0 Å². The molecule has 2 aliphatic heterocycles. The van der Waals surface area contributed by atoms with Crippen molar-refractivity contribution < 1.29 is 39.6 Å². The quantitative estimate of drug-likeness (QED) is 0.369. The third-order valence-corrected chi connectivity index (χ3v) is 8.61. The minimum atomic E-state index is -3.26. The number of likely N-dealkylation sites (tertiary alicyclic amines) is 1. The van der Waals surface area contributed by atoms with Crippen LogP contribution < -0.4 is 4.90 Å². The molecule has 3 aromatic rings. The van der Waals surface area contributed by atoms with E-state index in [-0.39, 0.29) is 67.7 Å². The van der Waals surface area contributed by atoms with Crippen LogP contribution in [0.2, 0.25) is 0 Å². The van der Waals surface area contributed by atoms with Crippen molar-refractivity contribution >= 4 is 21.6 Å². The molecule has 2 fully saturated rings. The van der Waals surface area contributed by atoms with Gasteiger partial charge in [0.15, 0.2) is 9.84 Å². The molecular weight excluding hydrogens is 573 g/mol. The number of carbonyl (C=O) groups is 1. The number of carbonyl (C=O) groups excluding carboxylic acids is 1. The number of urea groups is 1. The first-order valence-corrected chi connectivity index (χ1v) is 14.6. The number of halogens is 5. The number of sulfone groups is 1. The van der Waals surface area contributed by atoms with Crippen LogP contribution in [-0.2, 0) is 22.9 Å². The van der Waals surface area contributed by atoms with Crippen LogP contribution in [-0.4, -0.2) is 78.1 Å². The number of hydrogen-bond donors (Lipinski definition) is 0. The van der Waals surface area contributed by atoms with Gasteiger partial charge in [-0.1, -0.05) is 18.2 Å². The van der Waals surface area contributed by atoms with E-state index in [4.69, 9.17) is 4.42 Å². The molecule has 3 heterocycles. The summed E-state index contributed by atoms with van der Waals surface area (Å²) in [5, 5.41) is 6.75. The summed E-state index contributed by atoms with van der Waals surface area (Å²) >= 11 is 0. The van der Waals surface area contributed by atoms with E-state index in [0.29, 0.717) is 12.2 Å². The predicted octanol–water partition coefficient (Wildman–Crippen LogP) is 4.51. The molecule has 0 saturated carbocycles. The predicted molar refractivity (Wildman–Crippen MR) is 138 cm³/mol. The molecule has 0 N–H and O–H groups in total. The molecule has 0 aliphatic carbocycles. The van der Waals surface area contributed by atoms with Gasteiger partial charge in [-0.15, -0.1) is 10.2 Å². The van der Waals surface area contributed by atoms with E-state index in [9.17, 15) is 30.8 Å². The van der Waals surface area contributed by atoms with Crippen LogP contribution in [0.1, 0.15) is 29.9 Å². The number of aromatic nitrogens is 2. The number of alkyl halides is 4. The Bertz CT molecular complexity index is 1500. The molecule has 2 aliphatic rings. The maximum atomic E-state index is 15.2. The highest BCUT2D eigenvalue weighted by molar-refractivity contribution is 7.91. The zero-order chi connectivity index (χ0) is 29.4. The van der Waals surface area contributed by atoms with Gasteiger partial charge in [0.05, 0.1) is 24.6 Å². The fourth-order valence-corrected chi connectivity index (χ4v) is 5.94. The zero-order valence-electron chi connectivity index (χ0n) is 21.6. The third kappa shape index (κ3) is 6.84. The first-order chi connectivity index (χ1) is 19.4. The highest BCUT2D eigenvalue weighted by Gasteiger charge is 2.38. The smallest absolute Gasteiger partial charge is 0.324 e. The summed E-state index contributed by atoms with van der Waals surface area (Å²) in [5.41, 5.74) is 1.30. The molecule has 220 valence electrons. The average molecular weight is 600 g/mol. The molecule has 1 aromatic heterocycles. The maximum Gasteiger partial charge on any atom is 0.324 e. The zero-order valence-corrected chi connectivity index (χ0v) is 22.5. The SMILES string of the molecule is O=C(N1CCS(=O)(=O)CC1)N(Cc1ccc(-c2nnc(C(F)F)o2)cc1F)c1ccc(CN2CCC(F)(F)C2)cc1.